The van der Waals surface area contributed by atoms with Crippen LogP contribution in [-0.2, 0) is 0 Å². The van der Waals surface area contributed by atoms with E-state index in [4.69, 9.17) is 4.74 Å². The molecule has 0 aliphatic heterocycles. The summed E-state index contributed by atoms with van der Waals surface area (Å²) in [5, 5.41) is 3.08. The number of halogens is 4. The molecule has 0 spiro atoms. The molecule has 1 rings (SSSR count). The van der Waals surface area contributed by atoms with E-state index in [-0.39, 0.29) is 19.1 Å². The molecule has 1 N–H and O–H groups in total. The first-order chi connectivity index (χ1) is 8.83. The number of ether oxygens (including phenoxy) is 1. The van der Waals surface area contributed by atoms with Gasteiger partial charge in [0, 0.05) is 22.5 Å². The monoisotopic (exact) mass is 339 g/mol. The van der Waals surface area contributed by atoms with Gasteiger partial charge in [-0.15, -0.1) is 0 Å². The molecule has 19 heavy (non-hydrogen) atoms. The predicted octanol–water partition coefficient (Wildman–Crippen LogP) is 4.45. The van der Waals surface area contributed by atoms with Crippen LogP contribution in [0.4, 0.5) is 13.2 Å². The Bertz CT molecular complexity index is 409. The first-order valence-electron chi connectivity index (χ1n) is 6.00. The van der Waals surface area contributed by atoms with Crippen molar-refractivity contribution in [2.24, 2.45) is 0 Å². The quantitative estimate of drug-likeness (QED) is 0.773. The van der Waals surface area contributed by atoms with E-state index in [1.807, 2.05) is 26.1 Å². The summed E-state index contributed by atoms with van der Waals surface area (Å²) >= 11 is 3.37. The van der Waals surface area contributed by atoms with Crippen LogP contribution in [0.5, 0.6) is 5.75 Å². The summed E-state index contributed by atoms with van der Waals surface area (Å²) in [5.41, 5.74) is 0.920. The van der Waals surface area contributed by atoms with E-state index in [1.165, 1.54) is 0 Å². The zero-order chi connectivity index (χ0) is 14.5. The largest absolute Gasteiger partial charge is 0.493 e. The van der Waals surface area contributed by atoms with Crippen molar-refractivity contribution < 1.29 is 17.9 Å². The Morgan fingerprint density at radius 3 is 2.63 bits per heavy atom. The van der Waals surface area contributed by atoms with Gasteiger partial charge in [0.2, 0.25) is 0 Å². The summed E-state index contributed by atoms with van der Waals surface area (Å²) in [4.78, 5) is 0. The van der Waals surface area contributed by atoms with E-state index in [0.29, 0.717) is 5.75 Å². The second-order valence-corrected chi connectivity index (χ2v) is 5.18. The molecule has 0 amide bonds. The van der Waals surface area contributed by atoms with Gasteiger partial charge in [0.25, 0.3) is 0 Å². The number of alkyl halides is 3. The topological polar surface area (TPSA) is 21.3 Å². The van der Waals surface area contributed by atoms with Gasteiger partial charge in [-0.05, 0) is 38.6 Å². The van der Waals surface area contributed by atoms with Gasteiger partial charge in [-0.25, -0.2) is 0 Å². The van der Waals surface area contributed by atoms with Crippen LogP contribution >= 0.6 is 15.9 Å². The summed E-state index contributed by atoms with van der Waals surface area (Å²) < 4.78 is 42.4. The SMILES string of the molecule is CNC(C)c1cc(Br)ccc1OCCCC(F)(F)F. The first kappa shape index (κ1) is 16.3. The second-order valence-electron chi connectivity index (χ2n) is 4.26. The second kappa shape index (κ2) is 7.14. The van der Waals surface area contributed by atoms with Gasteiger partial charge in [-0.2, -0.15) is 13.2 Å². The van der Waals surface area contributed by atoms with Crippen LogP contribution in [0.15, 0.2) is 22.7 Å². The van der Waals surface area contributed by atoms with Gasteiger partial charge >= 0.3 is 6.18 Å². The number of rotatable bonds is 6. The standard InChI is InChI=1S/C13H17BrF3NO/c1-9(18-2)11-8-10(14)4-5-12(11)19-7-3-6-13(15,16)17/h4-5,8-9,18H,3,6-7H2,1-2H3. The van der Waals surface area contributed by atoms with Crippen LogP contribution in [0, 0.1) is 0 Å². The summed E-state index contributed by atoms with van der Waals surface area (Å²) in [6.45, 7) is 2.02. The average molecular weight is 340 g/mol. The van der Waals surface area contributed by atoms with Crippen LogP contribution in [0.25, 0.3) is 0 Å². The number of hydrogen-bond acceptors (Lipinski definition) is 2. The van der Waals surface area contributed by atoms with Crippen molar-refractivity contribution in [3.63, 3.8) is 0 Å². The highest BCUT2D eigenvalue weighted by atomic mass is 79.9. The van der Waals surface area contributed by atoms with E-state index >= 15 is 0 Å². The van der Waals surface area contributed by atoms with E-state index < -0.39 is 12.6 Å². The number of nitrogens with one attached hydrogen (secondary N) is 1. The van der Waals surface area contributed by atoms with Crippen molar-refractivity contribution in [1.29, 1.82) is 0 Å². The normalized spacial score (nSPS) is 13.4. The van der Waals surface area contributed by atoms with Gasteiger partial charge in [-0.1, -0.05) is 15.9 Å². The van der Waals surface area contributed by atoms with E-state index in [2.05, 4.69) is 21.2 Å². The van der Waals surface area contributed by atoms with Gasteiger partial charge < -0.3 is 10.1 Å². The highest BCUT2D eigenvalue weighted by Gasteiger charge is 2.26. The van der Waals surface area contributed by atoms with Crippen LogP contribution < -0.4 is 10.1 Å². The third-order valence-electron chi connectivity index (χ3n) is 2.73. The van der Waals surface area contributed by atoms with Gasteiger partial charge in [0.15, 0.2) is 0 Å². The molecule has 6 heteroatoms. The molecule has 108 valence electrons. The average Bonchev–Trinajstić information content (AvgIpc) is 2.33. The number of benzene rings is 1. The molecule has 0 saturated carbocycles. The van der Waals surface area contributed by atoms with Crippen LogP contribution in [0.3, 0.4) is 0 Å². The van der Waals surface area contributed by atoms with Crippen molar-refractivity contribution >= 4 is 15.9 Å². The molecule has 0 aliphatic rings. The van der Waals surface area contributed by atoms with E-state index in [0.717, 1.165) is 10.0 Å². The maximum absolute atomic E-state index is 12.0. The fourth-order valence-corrected chi connectivity index (χ4v) is 1.98. The van der Waals surface area contributed by atoms with Crippen molar-refractivity contribution in [3.8, 4) is 5.75 Å². The summed E-state index contributed by atoms with van der Waals surface area (Å²) in [7, 11) is 1.82. The molecule has 1 aromatic carbocycles. The zero-order valence-electron chi connectivity index (χ0n) is 10.9. The molecule has 1 unspecified atom stereocenters. The van der Waals surface area contributed by atoms with E-state index in [1.54, 1.807) is 6.07 Å². The van der Waals surface area contributed by atoms with Crippen molar-refractivity contribution in [3.05, 3.63) is 28.2 Å². The maximum Gasteiger partial charge on any atom is 0.389 e. The molecule has 0 fully saturated rings. The van der Waals surface area contributed by atoms with Crippen LogP contribution in [-0.4, -0.2) is 19.8 Å². The Kier molecular flexibility index (Phi) is 6.13. The van der Waals surface area contributed by atoms with Gasteiger partial charge in [-0.3, -0.25) is 0 Å². The lowest BCUT2D eigenvalue weighted by atomic mass is 10.1. The first-order valence-corrected chi connectivity index (χ1v) is 6.79. The number of hydrogen-bond donors (Lipinski definition) is 1. The van der Waals surface area contributed by atoms with Crippen molar-refractivity contribution in [1.82, 2.24) is 5.32 Å². The highest BCUT2D eigenvalue weighted by Crippen LogP contribution is 2.29. The van der Waals surface area contributed by atoms with Gasteiger partial charge in [0.1, 0.15) is 5.75 Å². The van der Waals surface area contributed by atoms with E-state index in [9.17, 15) is 13.2 Å². The Morgan fingerprint density at radius 1 is 1.37 bits per heavy atom. The summed E-state index contributed by atoms with van der Waals surface area (Å²) in [5.74, 6) is 0.618. The lowest BCUT2D eigenvalue weighted by molar-refractivity contribution is -0.136. The summed E-state index contributed by atoms with van der Waals surface area (Å²) in [6, 6.07) is 5.54. The molecule has 2 nitrogen and oxygen atoms in total. The Morgan fingerprint density at radius 2 is 2.05 bits per heavy atom. The Labute approximate surface area is 119 Å². The van der Waals surface area contributed by atoms with Crippen molar-refractivity contribution in [2.75, 3.05) is 13.7 Å². The Balaban J connectivity index is 2.62. The fourth-order valence-electron chi connectivity index (χ4n) is 1.60. The molecule has 0 saturated heterocycles. The maximum atomic E-state index is 12.0. The van der Waals surface area contributed by atoms with Crippen LogP contribution in [0.1, 0.15) is 31.4 Å². The minimum Gasteiger partial charge on any atom is -0.493 e. The zero-order valence-corrected chi connectivity index (χ0v) is 12.4. The molecule has 1 atom stereocenters. The highest BCUT2D eigenvalue weighted by molar-refractivity contribution is 9.10. The molecule has 0 aliphatic carbocycles. The Hall–Kier alpha value is -0.750. The molecule has 0 aromatic heterocycles. The third-order valence-corrected chi connectivity index (χ3v) is 3.23. The lowest BCUT2D eigenvalue weighted by Crippen LogP contribution is -2.15. The molecule has 1 aromatic rings. The van der Waals surface area contributed by atoms with Crippen LogP contribution in [0.2, 0.25) is 0 Å². The predicted molar refractivity (Wildman–Crippen MR) is 72.4 cm³/mol. The molecule has 0 heterocycles. The third kappa shape index (κ3) is 5.82. The smallest absolute Gasteiger partial charge is 0.389 e. The molecule has 0 bridgehead atoms. The van der Waals surface area contributed by atoms with Crippen molar-refractivity contribution in [2.45, 2.75) is 32.0 Å². The molecular formula is C13H17BrF3NO. The molecule has 0 radical (unpaired) electrons. The summed E-state index contributed by atoms with van der Waals surface area (Å²) in [6.07, 6.45) is -4.97. The lowest BCUT2D eigenvalue weighted by Gasteiger charge is -2.17. The minimum absolute atomic E-state index is 0.0348. The minimum atomic E-state index is -4.12. The fraction of sp³-hybridized carbons (Fsp3) is 0.538. The van der Waals surface area contributed by atoms with Gasteiger partial charge in [0.05, 0.1) is 6.61 Å². The molecular weight excluding hydrogens is 323 g/mol.